The maximum Gasteiger partial charge on any atom is 0.0608 e. The number of likely N-dealkylation sites (N-methyl/N-ethyl adjacent to an activating group) is 1. The molecular weight excluding hydrogens is 384 g/mol. The maximum atomic E-state index is 5.67. The highest BCUT2D eigenvalue weighted by Gasteiger charge is 2.31. The Hall–Kier alpha value is -1.92. The summed E-state index contributed by atoms with van der Waals surface area (Å²) in [6, 6.07) is 18.5. The number of benzene rings is 2. The van der Waals surface area contributed by atoms with Gasteiger partial charge in [0, 0.05) is 57.5 Å². The fourth-order valence-corrected chi connectivity index (χ4v) is 5.39. The van der Waals surface area contributed by atoms with Crippen LogP contribution in [0.4, 0.5) is 5.69 Å². The monoisotopic (exact) mass is 420 g/mol. The lowest BCUT2D eigenvalue weighted by Crippen LogP contribution is -2.54. The van der Waals surface area contributed by atoms with Crippen LogP contribution in [0.1, 0.15) is 23.1 Å². The van der Waals surface area contributed by atoms with Gasteiger partial charge in [-0.3, -0.25) is 0 Å². The van der Waals surface area contributed by atoms with Crippen molar-refractivity contribution in [2.45, 2.75) is 31.8 Å². The molecule has 1 atom stereocenters. The molecule has 2 aliphatic heterocycles. The Kier molecular flexibility index (Phi) is 6.55. The molecule has 1 aliphatic carbocycles. The number of morpholine rings is 1. The van der Waals surface area contributed by atoms with Gasteiger partial charge in [-0.1, -0.05) is 42.5 Å². The van der Waals surface area contributed by atoms with Gasteiger partial charge in [0.15, 0.2) is 0 Å². The van der Waals surface area contributed by atoms with Crippen molar-refractivity contribution < 1.29 is 4.74 Å². The van der Waals surface area contributed by atoms with Crippen molar-refractivity contribution in [1.29, 1.82) is 0 Å². The fraction of sp³-hybridized carbons (Fsp3) is 0.538. The summed E-state index contributed by atoms with van der Waals surface area (Å²) in [5.74, 6) is 0. The van der Waals surface area contributed by atoms with E-state index < -0.39 is 0 Å². The Balaban J connectivity index is 1.40. The summed E-state index contributed by atoms with van der Waals surface area (Å²) >= 11 is 0. The van der Waals surface area contributed by atoms with E-state index in [-0.39, 0.29) is 0 Å². The first-order valence-electron chi connectivity index (χ1n) is 12.0. The minimum absolute atomic E-state index is 0.541. The van der Waals surface area contributed by atoms with Gasteiger partial charge in [0.25, 0.3) is 0 Å². The van der Waals surface area contributed by atoms with Crippen LogP contribution in [0, 0.1) is 0 Å². The molecule has 0 amide bonds. The van der Waals surface area contributed by atoms with E-state index in [1.165, 1.54) is 24.1 Å². The zero-order chi connectivity index (χ0) is 21.0. The predicted octanol–water partition coefficient (Wildman–Crippen LogP) is 3.05. The molecule has 0 bridgehead atoms. The molecule has 0 saturated carbocycles. The van der Waals surface area contributed by atoms with E-state index in [0.717, 1.165) is 65.4 Å². The number of rotatable bonds is 5. The van der Waals surface area contributed by atoms with Gasteiger partial charge in [-0.05, 0) is 49.1 Å². The normalized spacial score (nSPS) is 23.2. The molecule has 2 saturated heterocycles. The third-order valence-corrected chi connectivity index (χ3v) is 7.24. The van der Waals surface area contributed by atoms with Crippen LogP contribution < -0.4 is 4.90 Å². The highest BCUT2D eigenvalue weighted by molar-refractivity contribution is 5.58. The second-order valence-corrected chi connectivity index (χ2v) is 9.25. The number of anilines is 1. The SMILES string of the molecule is CN1CCN(c2cccc3c2C[C@H](N(Cc2ccccc2)N2CCOCC2)CC3)CC1. The fourth-order valence-electron chi connectivity index (χ4n) is 5.39. The van der Waals surface area contributed by atoms with E-state index in [1.807, 2.05) is 0 Å². The van der Waals surface area contributed by atoms with Crippen molar-refractivity contribution in [3.63, 3.8) is 0 Å². The average Bonchev–Trinajstić information content (AvgIpc) is 2.84. The molecule has 0 N–H and O–H groups in total. The Morgan fingerprint density at radius 1 is 0.903 bits per heavy atom. The summed E-state index contributed by atoms with van der Waals surface area (Å²) in [6.07, 6.45) is 3.54. The van der Waals surface area contributed by atoms with Crippen LogP contribution in [-0.4, -0.2) is 80.5 Å². The lowest BCUT2D eigenvalue weighted by Gasteiger charge is -2.45. The second-order valence-electron chi connectivity index (χ2n) is 9.25. The Morgan fingerprint density at radius 3 is 2.45 bits per heavy atom. The molecule has 5 nitrogen and oxygen atoms in total. The van der Waals surface area contributed by atoms with Crippen molar-refractivity contribution in [2.75, 3.05) is 64.4 Å². The Morgan fingerprint density at radius 2 is 1.68 bits per heavy atom. The third kappa shape index (κ3) is 4.80. The summed E-state index contributed by atoms with van der Waals surface area (Å²) in [6.45, 7) is 9.22. The lowest BCUT2D eigenvalue weighted by atomic mass is 9.86. The van der Waals surface area contributed by atoms with Crippen LogP contribution in [0.15, 0.2) is 48.5 Å². The van der Waals surface area contributed by atoms with E-state index in [4.69, 9.17) is 4.74 Å². The molecule has 3 aliphatic rings. The molecule has 5 heteroatoms. The summed E-state index contributed by atoms with van der Waals surface area (Å²) in [4.78, 5) is 5.06. The van der Waals surface area contributed by atoms with Gasteiger partial charge in [0.2, 0.25) is 0 Å². The van der Waals surface area contributed by atoms with Crippen molar-refractivity contribution >= 4 is 5.69 Å². The number of hydrogen-bond acceptors (Lipinski definition) is 5. The molecule has 5 rings (SSSR count). The van der Waals surface area contributed by atoms with Gasteiger partial charge in [0.05, 0.1) is 13.2 Å². The van der Waals surface area contributed by atoms with E-state index in [1.54, 1.807) is 11.1 Å². The quantitative estimate of drug-likeness (QED) is 0.740. The van der Waals surface area contributed by atoms with Crippen molar-refractivity contribution in [2.24, 2.45) is 0 Å². The Bertz CT molecular complexity index is 844. The van der Waals surface area contributed by atoms with Crippen LogP contribution in [-0.2, 0) is 24.1 Å². The number of piperazine rings is 1. The van der Waals surface area contributed by atoms with Gasteiger partial charge in [0.1, 0.15) is 0 Å². The smallest absolute Gasteiger partial charge is 0.0608 e. The van der Waals surface area contributed by atoms with Crippen LogP contribution in [0.3, 0.4) is 0 Å². The molecule has 31 heavy (non-hydrogen) atoms. The van der Waals surface area contributed by atoms with E-state index >= 15 is 0 Å². The van der Waals surface area contributed by atoms with Crippen molar-refractivity contribution in [3.8, 4) is 0 Å². The van der Waals surface area contributed by atoms with Gasteiger partial charge < -0.3 is 14.5 Å². The van der Waals surface area contributed by atoms with Gasteiger partial charge in [-0.2, -0.15) is 0 Å². The van der Waals surface area contributed by atoms with Crippen LogP contribution >= 0.6 is 0 Å². The highest BCUT2D eigenvalue weighted by Crippen LogP contribution is 2.34. The van der Waals surface area contributed by atoms with Crippen molar-refractivity contribution in [3.05, 3.63) is 65.2 Å². The standard InChI is InChI=1S/C26H36N4O/c1-27-12-14-28(15-13-27)26-9-5-8-23-10-11-24(20-25(23)26)30(29-16-18-31-19-17-29)21-22-6-3-2-4-7-22/h2-9,24H,10-21H2,1H3/t24-/m1/s1. The number of aryl methyl sites for hydroxylation is 1. The van der Waals surface area contributed by atoms with Crippen molar-refractivity contribution in [1.82, 2.24) is 14.9 Å². The largest absolute Gasteiger partial charge is 0.379 e. The maximum absolute atomic E-state index is 5.67. The summed E-state index contributed by atoms with van der Waals surface area (Å²) in [7, 11) is 2.23. The zero-order valence-corrected chi connectivity index (χ0v) is 18.9. The predicted molar refractivity (Wildman–Crippen MR) is 126 cm³/mol. The molecule has 166 valence electrons. The van der Waals surface area contributed by atoms with Gasteiger partial charge >= 0.3 is 0 Å². The number of ether oxygens (including phenoxy) is 1. The lowest BCUT2D eigenvalue weighted by molar-refractivity contribution is -0.121. The van der Waals surface area contributed by atoms with E-state index in [0.29, 0.717) is 6.04 Å². The first-order chi connectivity index (χ1) is 15.3. The summed E-state index contributed by atoms with van der Waals surface area (Å²) < 4.78 is 5.67. The minimum Gasteiger partial charge on any atom is -0.379 e. The molecule has 2 aromatic carbocycles. The first kappa shape index (κ1) is 21.0. The van der Waals surface area contributed by atoms with E-state index in [2.05, 4.69) is 75.4 Å². The minimum atomic E-state index is 0.541. The summed E-state index contributed by atoms with van der Waals surface area (Å²) in [5.41, 5.74) is 6.04. The topological polar surface area (TPSA) is 22.2 Å². The molecule has 0 unspecified atom stereocenters. The van der Waals surface area contributed by atoms with Crippen LogP contribution in [0.25, 0.3) is 0 Å². The van der Waals surface area contributed by atoms with Crippen LogP contribution in [0.2, 0.25) is 0 Å². The molecule has 0 aromatic heterocycles. The molecule has 2 fully saturated rings. The zero-order valence-electron chi connectivity index (χ0n) is 18.9. The highest BCUT2D eigenvalue weighted by atomic mass is 16.5. The first-order valence-corrected chi connectivity index (χ1v) is 12.0. The van der Waals surface area contributed by atoms with Gasteiger partial charge in [-0.15, -0.1) is 0 Å². The van der Waals surface area contributed by atoms with Crippen LogP contribution in [0.5, 0.6) is 0 Å². The number of hydrazine groups is 1. The number of hydrogen-bond donors (Lipinski definition) is 0. The third-order valence-electron chi connectivity index (χ3n) is 7.24. The number of fused-ring (bicyclic) bond motifs is 1. The van der Waals surface area contributed by atoms with Gasteiger partial charge in [-0.25, -0.2) is 10.0 Å². The molecule has 2 aromatic rings. The second kappa shape index (κ2) is 9.70. The molecular formula is C26H36N4O. The molecule has 0 radical (unpaired) electrons. The summed E-state index contributed by atoms with van der Waals surface area (Å²) in [5, 5.41) is 5.23. The Labute approximate surface area is 187 Å². The number of nitrogens with zero attached hydrogens (tertiary/aromatic N) is 4. The van der Waals surface area contributed by atoms with E-state index in [9.17, 15) is 0 Å². The molecule has 2 heterocycles. The average molecular weight is 421 g/mol. The molecule has 0 spiro atoms.